The Balaban J connectivity index is 1.76. The minimum atomic E-state index is 0.448. The smallest absolute Gasteiger partial charge is 0.0920 e. The second-order valence-electron chi connectivity index (χ2n) is 6.22. The first kappa shape index (κ1) is 15.0. The van der Waals surface area contributed by atoms with Crippen molar-refractivity contribution in [3.8, 4) is 0 Å². The van der Waals surface area contributed by atoms with Gasteiger partial charge >= 0.3 is 0 Å². The predicted octanol–water partition coefficient (Wildman–Crippen LogP) is 3.68. The highest BCUT2D eigenvalue weighted by Gasteiger charge is 2.27. The lowest BCUT2D eigenvalue weighted by molar-refractivity contribution is 0.0762. The van der Waals surface area contributed by atoms with Crippen LogP contribution < -0.4 is 0 Å². The largest absolute Gasteiger partial charge is 0.342 e. The standard InChI is InChI=1S/C19H25N3/c1-3-10-21-11-5-4-9-19(21)22-14-18(13-20-15-22)17-8-6-7-16(2)12-17/h3,6-8,12-13,15,19H,1,4-5,9-11,14H2,2H3/t19-/m0/s1. The molecule has 1 aromatic rings. The number of rotatable bonds is 4. The number of likely N-dealkylation sites (tertiary alicyclic amines) is 1. The SMILES string of the molecule is C=CCN1CCCC[C@@H]1N1C=NC=C(c2cccc(C)c2)C1. The Morgan fingerprint density at radius 3 is 3.09 bits per heavy atom. The van der Waals surface area contributed by atoms with E-state index in [2.05, 4.69) is 52.6 Å². The highest BCUT2D eigenvalue weighted by Crippen LogP contribution is 2.25. The molecule has 0 radical (unpaired) electrons. The van der Waals surface area contributed by atoms with E-state index in [1.54, 1.807) is 0 Å². The number of piperidine rings is 1. The van der Waals surface area contributed by atoms with Gasteiger partial charge in [-0.1, -0.05) is 35.9 Å². The fraction of sp³-hybridized carbons (Fsp3) is 0.421. The molecule has 3 nitrogen and oxygen atoms in total. The van der Waals surface area contributed by atoms with Crippen molar-refractivity contribution in [2.24, 2.45) is 4.99 Å². The summed E-state index contributed by atoms with van der Waals surface area (Å²) >= 11 is 0. The third kappa shape index (κ3) is 3.30. The molecule has 2 aliphatic heterocycles. The van der Waals surface area contributed by atoms with Crippen molar-refractivity contribution in [2.45, 2.75) is 32.4 Å². The Kier molecular flexibility index (Phi) is 4.74. The minimum absolute atomic E-state index is 0.448. The summed E-state index contributed by atoms with van der Waals surface area (Å²) in [7, 11) is 0. The lowest BCUT2D eigenvalue weighted by Crippen LogP contribution is -2.51. The number of aryl methyl sites for hydroxylation is 1. The summed E-state index contributed by atoms with van der Waals surface area (Å²) in [5.74, 6) is 0. The van der Waals surface area contributed by atoms with Crippen molar-refractivity contribution in [3.05, 3.63) is 54.2 Å². The van der Waals surface area contributed by atoms with Gasteiger partial charge in [-0.15, -0.1) is 6.58 Å². The minimum Gasteiger partial charge on any atom is -0.342 e. The second-order valence-corrected chi connectivity index (χ2v) is 6.22. The number of hydrogen-bond donors (Lipinski definition) is 0. The fourth-order valence-corrected chi connectivity index (χ4v) is 3.41. The third-order valence-electron chi connectivity index (χ3n) is 4.51. The first-order valence-electron chi connectivity index (χ1n) is 8.18. The van der Waals surface area contributed by atoms with Crippen molar-refractivity contribution in [1.82, 2.24) is 9.80 Å². The zero-order valence-corrected chi connectivity index (χ0v) is 13.4. The van der Waals surface area contributed by atoms with Crippen molar-refractivity contribution in [2.75, 3.05) is 19.6 Å². The molecule has 1 atom stereocenters. The van der Waals surface area contributed by atoms with E-state index in [1.165, 1.54) is 36.0 Å². The maximum absolute atomic E-state index is 4.50. The van der Waals surface area contributed by atoms with E-state index >= 15 is 0 Å². The Morgan fingerprint density at radius 1 is 1.36 bits per heavy atom. The van der Waals surface area contributed by atoms with Gasteiger partial charge in [0.05, 0.1) is 12.5 Å². The summed E-state index contributed by atoms with van der Waals surface area (Å²) in [5.41, 5.74) is 3.88. The number of aliphatic imine (C=N–C) groups is 1. The molecule has 0 saturated carbocycles. The highest BCUT2D eigenvalue weighted by molar-refractivity contribution is 5.74. The average molecular weight is 295 g/mol. The van der Waals surface area contributed by atoms with Crippen molar-refractivity contribution >= 4 is 11.9 Å². The number of hydrogen-bond acceptors (Lipinski definition) is 3. The molecule has 0 spiro atoms. The number of nitrogens with zero attached hydrogens (tertiary/aromatic N) is 3. The van der Waals surface area contributed by atoms with Crippen LogP contribution in [-0.2, 0) is 0 Å². The molecular formula is C19H25N3. The second kappa shape index (κ2) is 6.93. The van der Waals surface area contributed by atoms with Crippen LogP contribution in [0.5, 0.6) is 0 Å². The van der Waals surface area contributed by atoms with E-state index in [-0.39, 0.29) is 0 Å². The van der Waals surface area contributed by atoms with E-state index in [0.29, 0.717) is 6.17 Å². The van der Waals surface area contributed by atoms with Crippen LogP contribution in [0.4, 0.5) is 0 Å². The van der Waals surface area contributed by atoms with Crippen molar-refractivity contribution < 1.29 is 0 Å². The lowest BCUT2D eigenvalue weighted by Gasteiger charge is -2.42. The average Bonchev–Trinajstić information content (AvgIpc) is 2.56. The highest BCUT2D eigenvalue weighted by atomic mass is 15.4. The van der Waals surface area contributed by atoms with Crippen LogP contribution in [-0.4, -0.2) is 41.9 Å². The van der Waals surface area contributed by atoms with Crippen molar-refractivity contribution in [3.63, 3.8) is 0 Å². The molecule has 2 aliphatic rings. The van der Waals surface area contributed by atoms with Crippen LogP contribution in [0.3, 0.4) is 0 Å². The Labute approximate surface area is 133 Å². The maximum atomic E-state index is 4.50. The normalized spacial score (nSPS) is 22.5. The quantitative estimate of drug-likeness (QED) is 0.789. The van der Waals surface area contributed by atoms with Gasteiger partial charge in [0, 0.05) is 25.8 Å². The van der Waals surface area contributed by atoms with Crippen LogP contribution in [0.1, 0.15) is 30.4 Å². The molecule has 0 aromatic heterocycles. The first-order chi connectivity index (χ1) is 10.8. The molecule has 0 aliphatic carbocycles. The topological polar surface area (TPSA) is 18.8 Å². The van der Waals surface area contributed by atoms with Gasteiger partial charge in [-0.05, 0) is 37.3 Å². The van der Waals surface area contributed by atoms with Gasteiger partial charge in [0.1, 0.15) is 0 Å². The van der Waals surface area contributed by atoms with E-state index in [0.717, 1.165) is 19.6 Å². The molecule has 0 unspecified atom stereocenters. The summed E-state index contributed by atoms with van der Waals surface area (Å²) < 4.78 is 0. The molecule has 2 heterocycles. The predicted molar refractivity (Wildman–Crippen MR) is 93.8 cm³/mol. The van der Waals surface area contributed by atoms with Crippen LogP contribution in [0.15, 0.2) is 48.1 Å². The Morgan fingerprint density at radius 2 is 2.27 bits per heavy atom. The van der Waals surface area contributed by atoms with Gasteiger partial charge < -0.3 is 4.90 Å². The third-order valence-corrected chi connectivity index (χ3v) is 4.51. The van der Waals surface area contributed by atoms with E-state index in [4.69, 9.17) is 0 Å². The summed E-state index contributed by atoms with van der Waals surface area (Å²) in [5, 5.41) is 0. The zero-order chi connectivity index (χ0) is 15.4. The van der Waals surface area contributed by atoms with Gasteiger partial charge in [0.25, 0.3) is 0 Å². The molecule has 0 amide bonds. The zero-order valence-electron chi connectivity index (χ0n) is 13.4. The first-order valence-corrected chi connectivity index (χ1v) is 8.18. The van der Waals surface area contributed by atoms with Crippen LogP contribution in [0.2, 0.25) is 0 Å². The van der Waals surface area contributed by atoms with E-state index in [9.17, 15) is 0 Å². The number of benzene rings is 1. The molecule has 3 rings (SSSR count). The fourth-order valence-electron chi connectivity index (χ4n) is 3.41. The van der Waals surface area contributed by atoms with Gasteiger partial charge in [-0.25, -0.2) is 4.99 Å². The maximum Gasteiger partial charge on any atom is 0.0920 e. The van der Waals surface area contributed by atoms with E-state index < -0.39 is 0 Å². The van der Waals surface area contributed by atoms with Crippen molar-refractivity contribution in [1.29, 1.82) is 0 Å². The summed E-state index contributed by atoms with van der Waals surface area (Å²) in [6.07, 6.45) is 10.3. The van der Waals surface area contributed by atoms with Gasteiger partial charge in [-0.3, -0.25) is 4.90 Å². The van der Waals surface area contributed by atoms with Crippen LogP contribution >= 0.6 is 0 Å². The summed E-state index contributed by atoms with van der Waals surface area (Å²) in [4.78, 5) is 9.41. The van der Waals surface area contributed by atoms with Crippen LogP contribution in [0, 0.1) is 6.92 Å². The molecule has 1 fully saturated rings. The van der Waals surface area contributed by atoms with Gasteiger partial charge in [0.2, 0.25) is 0 Å². The molecule has 0 bridgehead atoms. The van der Waals surface area contributed by atoms with Gasteiger partial charge in [-0.2, -0.15) is 0 Å². The Hall–Kier alpha value is -1.87. The molecular weight excluding hydrogens is 270 g/mol. The monoisotopic (exact) mass is 295 g/mol. The van der Waals surface area contributed by atoms with Gasteiger partial charge in [0.15, 0.2) is 0 Å². The molecule has 0 N–H and O–H groups in total. The summed E-state index contributed by atoms with van der Waals surface area (Å²) in [6, 6.07) is 8.69. The molecule has 22 heavy (non-hydrogen) atoms. The molecule has 116 valence electrons. The van der Waals surface area contributed by atoms with Crippen LogP contribution in [0.25, 0.3) is 5.57 Å². The molecule has 3 heteroatoms. The Bertz CT molecular complexity index is 588. The van der Waals surface area contributed by atoms with E-state index in [1.807, 2.05) is 18.6 Å². The summed E-state index contributed by atoms with van der Waals surface area (Å²) in [6.45, 7) is 9.09. The molecule has 1 aromatic carbocycles. The lowest BCUT2D eigenvalue weighted by atomic mass is 10.0. The molecule has 1 saturated heterocycles.